The lowest BCUT2D eigenvalue weighted by molar-refractivity contribution is 0.268. The summed E-state index contributed by atoms with van der Waals surface area (Å²) in [7, 11) is 0. The normalized spacial score (nSPS) is 11.9. The van der Waals surface area contributed by atoms with E-state index in [1.165, 1.54) is 6.39 Å². The number of alkyl halides is 1. The molecule has 1 unspecified atom stereocenters. The van der Waals surface area contributed by atoms with Crippen LogP contribution in [0.4, 0.5) is 0 Å². The van der Waals surface area contributed by atoms with Gasteiger partial charge >= 0.3 is 0 Å². The van der Waals surface area contributed by atoms with Gasteiger partial charge in [-0.1, -0.05) is 26.0 Å². The third-order valence-electron chi connectivity index (χ3n) is 5.32. The van der Waals surface area contributed by atoms with Crippen molar-refractivity contribution < 1.29 is 22.7 Å². The van der Waals surface area contributed by atoms with Gasteiger partial charge in [0.2, 0.25) is 0 Å². The summed E-state index contributed by atoms with van der Waals surface area (Å²) < 4.78 is 36.7. The van der Waals surface area contributed by atoms with E-state index in [-0.39, 0.29) is 12.4 Å². The van der Waals surface area contributed by atoms with E-state index in [0.717, 1.165) is 11.1 Å². The minimum absolute atomic E-state index is 0.0424. The van der Waals surface area contributed by atoms with Gasteiger partial charge in [0.05, 0.1) is 22.8 Å². The zero-order chi connectivity index (χ0) is 24.7. The molecule has 10 heteroatoms. The topological polar surface area (TPSA) is 129 Å². The van der Waals surface area contributed by atoms with Crippen molar-refractivity contribution in [3.8, 4) is 23.6 Å². The van der Waals surface area contributed by atoms with E-state index in [1.54, 1.807) is 24.3 Å². The van der Waals surface area contributed by atoms with Gasteiger partial charge in [-0.25, -0.2) is 9.19 Å². The van der Waals surface area contributed by atoms with Crippen LogP contribution in [0.1, 0.15) is 47.6 Å². The van der Waals surface area contributed by atoms with E-state index in [9.17, 15) is 14.7 Å². The van der Waals surface area contributed by atoms with Crippen LogP contribution in [0, 0.1) is 22.7 Å². The third kappa shape index (κ3) is 5.75. The first-order valence-corrected chi connectivity index (χ1v) is 12.0. The monoisotopic (exact) mass is 499 g/mol. The summed E-state index contributed by atoms with van der Waals surface area (Å²) >= 11 is 3.62. The molecule has 0 fully saturated rings. The predicted octanol–water partition coefficient (Wildman–Crippen LogP) is 4.66. The Morgan fingerprint density at radius 2 is 1.68 bits per heavy atom. The standard InChI is InChI=1S/C24H22ClN3O5S/c1-24(2,18-3-5-21(31-8-7-25)16(9-18)11-26)19-4-6-22(17(10-19)12-27)32-13-23-20(14-34(29)30)28-15-33-23/h3-6,9-10,15H,7-8,13-14H2,1-2H3,(H,29,30). The molecule has 0 saturated heterocycles. The third-order valence-corrected chi connectivity index (χ3v) is 6.00. The molecule has 1 atom stereocenters. The van der Waals surface area contributed by atoms with E-state index in [0.29, 0.717) is 46.6 Å². The van der Waals surface area contributed by atoms with Crippen LogP contribution in [0.2, 0.25) is 0 Å². The lowest BCUT2D eigenvalue weighted by Gasteiger charge is -2.27. The van der Waals surface area contributed by atoms with Crippen LogP contribution in [0.15, 0.2) is 47.2 Å². The van der Waals surface area contributed by atoms with Gasteiger partial charge in [-0.2, -0.15) is 10.5 Å². The molecule has 0 aliphatic carbocycles. The Morgan fingerprint density at radius 1 is 1.09 bits per heavy atom. The highest BCUT2D eigenvalue weighted by molar-refractivity contribution is 7.78. The van der Waals surface area contributed by atoms with E-state index < -0.39 is 16.5 Å². The molecule has 0 bridgehead atoms. The van der Waals surface area contributed by atoms with Crippen LogP contribution in [0.5, 0.6) is 11.5 Å². The lowest BCUT2D eigenvalue weighted by Crippen LogP contribution is -2.19. The first-order valence-electron chi connectivity index (χ1n) is 10.2. The first-order chi connectivity index (χ1) is 16.3. The Bertz CT molecular complexity index is 1280. The molecule has 1 heterocycles. The number of benzene rings is 2. The Labute approximate surface area is 205 Å². The summed E-state index contributed by atoms with van der Waals surface area (Å²) in [6.45, 7) is 4.25. The van der Waals surface area contributed by atoms with Gasteiger partial charge < -0.3 is 18.4 Å². The van der Waals surface area contributed by atoms with Crippen molar-refractivity contribution in [3.63, 3.8) is 0 Å². The lowest BCUT2D eigenvalue weighted by atomic mass is 9.77. The maximum Gasteiger partial charge on any atom is 0.181 e. The Hall–Kier alpha value is -3.37. The van der Waals surface area contributed by atoms with Crippen molar-refractivity contribution in [1.29, 1.82) is 10.5 Å². The molecule has 176 valence electrons. The molecule has 3 rings (SSSR count). The maximum absolute atomic E-state index is 11.1. The number of aromatic nitrogens is 1. The number of nitrogens with zero attached hydrogens (tertiary/aromatic N) is 3. The number of hydrogen-bond donors (Lipinski definition) is 1. The van der Waals surface area contributed by atoms with Crippen LogP contribution < -0.4 is 9.47 Å². The van der Waals surface area contributed by atoms with Gasteiger partial charge in [-0.15, -0.1) is 11.6 Å². The van der Waals surface area contributed by atoms with E-state index >= 15 is 0 Å². The van der Waals surface area contributed by atoms with Gasteiger partial charge in [0.15, 0.2) is 23.2 Å². The molecule has 0 amide bonds. The Kier molecular flexibility index (Phi) is 8.30. The molecule has 3 aromatic rings. The molecule has 0 aliphatic rings. The predicted molar refractivity (Wildman–Crippen MR) is 126 cm³/mol. The van der Waals surface area contributed by atoms with Crippen LogP contribution in [-0.4, -0.2) is 26.2 Å². The minimum atomic E-state index is -2.06. The number of ether oxygens (including phenoxy) is 2. The second kappa shape index (κ2) is 11.2. The average molecular weight is 500 g/mol. The molecule has 34 heavy (non-hydrogen) atoms. The second-order valence-corrected chi connectivity index (χ2v) is 9.09. The fourth-order valence-corrected chi connectivity index (χ4v) is 3.91. The van der Waals surface area contributed by atoms with Crippen molar-refractivity contribution in [3.05, 3.63) is 76.5 Å². The maximum atomic E-state index is 11.1. The second-order valence-electron chi connectivity index (χ2n) is 7.78. The molecule has 0 spiro atoms. The molecular formula is C24H22ClN3O5S. The summed E-state index contributed by atoms with van der Waals surface area (Å²) in [5.74, 6) is 1.28. The smallest absolute Gasteiger partial charge is 0.181 e. The van der Waals surface area contributed by atoms with Gasteiger partial charge in [0, 0.05) is 5.41 Å². The van der Waals surface area contributed by atoms with Crippen molar-refractivity contribution in [2.24, 2.45) is 0 Å². The zero-order valence-electron chi connectivity index (χ0n) is 18.6. The Balaban J connectivity index is 1.84. The molecule has 1 aromatic heterocycles. The van der Waals surface area contributed by atoms with Crippen LogP contribution in [-0.2, 0) is 28.9 Å². The number of hydrogen-bond acceptors (Lipinski definition) is 7. The van der Waals surface area contributed by atoms with Crippen molar-refractivity contribution in [2.45, 2.75) is 31.6 Å². The van der Waals surface area contributed by atoms with E-state index in [2.05, 4.69) is 17.1 Å². The van der Waals surface area contributed by atoms with Crippen LogP contribution in [0.3, 0.4) is 0 Å². The number of rotatable bonds is 10. The quantitative estimate of drug-likeness (QED) is 0.315. The zero-order valence-corrected chi connectivity index (χ0v) is 20.2. The van der Waals surface area contributed by atoms with Gasteiger partial charge in [0.25, 0.3) is 0 Å². The molecule has 8 nitrogen and oxygen atoms in total. The van der Waals surface area contributed by atoms with E-state index in [4.69, 9.17) is 30.0 Å². The molecule has 1 N–H and O–H groups in total. The van der Waals surface area contributed by atoms with E-state index in [1.807, 2.05) is 26.0 Å². The molecule has 0 radical (unpaired) electrons. The Morgan fingerprint density at radius 3 is 2.21 bits per heavy atom. The van der Waals surface area contributed by atoms with Gasteiger partial charge in [-0.3, -0.25) is 0 Å². The fourth-order valence-electron chi connectivity index (χ4n) is 3.37. The minimum Gasteiger partial charge on any atom is -0.491 e. The van der Waals surface area contributed by atoms with Crippen molar-refractivity contribution in [2.75, 3.05) is 12.5 Å². The molecule has 0 saturated carbocycles. The highest BCUT2D eigenvalue weighted by atomic mass is 35.5. The van der Waals surface area contributed by atoms with Crippen molar-refractivity contribution >= 4 is 22.7 Å². The summed E-state index contributed by atoms with van der Waals surface area (Å²) in [6.07, 6.45) is 1.18. The number of oxazole rings is 1. The summed E-state index contributed by atoms with van der Waals surface area (Å²) in [6, 6.07) is 15.0. The van der Waals surface area contributed by atoms with Crippen LogP contribution >= 0.6 is 11.6 Å². The number of nitriles is 2. The van der Waals surface area contributed by atoms with Crippen molar-refractivity contribution in [1.82, 2.24) is 4.98 Å². The van der Waals surface area contributed by atoms with Gasteiger partial charge in [-0.05, 0) is 35.4 Å². The number of halogens is 1. The molecule has 2 aromatic carbocycles. The summed E-state index contributed by atoms with van der Waals surface area (Å²) in [5, 5.41) is 19.2. The SMILES string of the molecule is CC(C)(c1ccc(OCCCl)c(C#N)c1)c1ccc(OCc2ocnc2CS(=O)O)c(C#N)c1. The largest absolute Gasteiger partial charge is 0.491 e. The summed E-state index contributed by atoms with van der Waals surface area (Å²) in [5.41, 5.74) is 2.25. The molecular weight excluding hydrogens is 478 g/mol. The fraction of sp³-hybridized carbons (Fsp3) is 0.292. The average Bonchev–Trinajstić information content (AvgIpc) is 3.27. The highest BCUT2D eigenvalue weighted by Crippen LogP contribution is 2.36. The molecule has 0 aliphatic heterocycles. The van der Waals surface area contributed by atoms with Crippen LogP contribution in [0.25, 0.3) is 0 Å². The highest BCUT2D eigenvalue weighted by Gasteiger charge is 2.26. The van der Waals surface area contributed by atoms with Gasteiger partial charge in [0.1, 0.15) is 42.5 Å². The first kappa shape index (κ1) is 25.3. The summed E-state index contributed by atoms with van der Waals surface area (Å²) in [4.78, 5) is 3.92.